The Morgan fingerprint density at radius 3 is 2.93 bits per heavy atom. The number of rotatable bonds is 3. The number of carbonyl (C=O) groups is 1. The normalized spacial score (nSPS) is 29.8. The molecule has 4 nitrogen and oxygen atoms in total. The Kier molecular flexibility index (Phi) is 3.35. The average Bonchev–Trinajstić information content (AvgIpc) is 2.49. The summed E-state index contributed by atoms with van der Waals surface area (Å²) in [5.41, 5.74) is 4.84. The third kappa shape index (κ3) is 2.37. The third-order valence-corrected chi connectivity index (χ3v) is 2.94. The van der Waals surface area contributed by atoms with Crippen molar-refractivity contribution in [2.24, 2.45) is 11.1 Å². The summed E-state index contributed by atoms with van der Waals surface area (Å²) in [4.78, 5) is 13.1. The van der Waals surface area contributed by atoms with E-state index in [1.165, 1.54) is 0 Å². The van der Waals surface area contributed by atoms with Gasteiger partial charge < -0.3 is 5.73 Å². The van der Waals surface area contributed by atoms with Crippen molar-refractivity contribution in [3.8, 4) is 6.07 Å². The summed E-state index contributed by atoms with van der Waals surface area (Å²) in [5, 5.41) is 8.03. The number of halogens is 1. The summed E-state index contributed by atoms with van der Waals surface area (Å²) in [5.74, 6) is -0.275. The van der Waals surface area contributed by atoms with Crippen molar-refractivity contribution in [3.05, 3.63) is 0 Å². The predicted molar refractivity (Wildman–Crippen MR) is 53.6 cm³/mol. The van der Waals surface area contributed by atoms with Crippen molar-refractivity contribution in [3.63, 3.8) is 0 Å². The maximum absolute atomic E-state index is 11.1. The maximum Gasteiger partial charge on any atom is 0.224 e. The van der Waals surface area contributed by atoms with Crippen LogP contribution in [-0.4, -0.2) is 35.8 Å². The van der Waals surface area contributed by atoms with Crippen molar-refractivity contribution in [1.82, 2.24) is 4.90 Å². The number of amides is 1. The number of likely N-dealkylation sites (tertiary alicyclic amines) is 1. The average molecular weight is 216 g/mol. The molecule has 1 amide bonds. The van der Waals surface area contributed by atoms with E-state index < -0.39 is 10.8 Å². The van der Waals surface area contributed by atoms with Gasteiger partial charge in [-0.2, -0.15) is 5.26 Å². The van der Waals surface area contributed by atoms with E-state index in [0.717, 1.165) is 13.0 Å². The van der Waals surface area contributed by atoms with Crippen LogP contribution in [-0.2, 0) is 4.79 Å². The van der Waals surface area contributed by atoms with Crippen LogP contribution >= 0.6 is 11.6 Å². The van der Waals surface area contributed by atoms with Crippen LogP contribution < -0.4 is 5.73 Å². The quantitative estimate of drug-likeness (QED) is 0.690. The Balaban J connectivity index is 2.50. The Hall–Kier alpha value is -0.790. The van der Waals surface area contributed by atoms with Gasteiger partial charge in [-0.1, -0.05) is 0 Å². The molecule has 14 heavy (non-hydrogen) atoms. The molecule has 2 unspecified atom stereocenters. The zero-order chi connectivity index (χ0) is 10.8. The van der Waals surface area contributed by atoms with E-state index in [2.05, 4.69) is 0 Å². The summed E-state index contributed by atoms with van der Waals surface area (Å²) in [6.45, 7) is 3.74. The van der Waals surface area contributed by atoms with Gasteiger partial charge in [0.05, 0.1) is 11.5 Å². The number of hydrogen-bond acceptors (Lipinski definition) is 3. The van der Waals surface area contributed by atoms with Crippen LogP contribution in [0.4, 0.5) is 0 Å². The fourth-order valence-electron chi connectivity index (χ4n) is 1.68. The van der Waals surface area contributed by atoms with E-state index >= 15 is 0 Å². The van der Waals surface area contributed by atoms with Gasteiger partial charge in [0.15, 0.2) is 0 Å². The standard InChI is InChI=1S/C9H14ClN3O/c1-9(8(12)14)2-3-13(6-9)5-7(10)4-11/h7H,2-3,5-6H2,1H3,(H2,12,14). The molecule has 1 fully saturated rings. The molecule has 0 radical (unpaired) electrons. The lowest BCUT2D eigenvalue weighted by Crippen LogP contribution is -2.38. The predicted octanol–water partition coefficient (Wildman–Crippen LogP) is 0.315. The number of nitrogens with zero attached hydrogens (tertiary/aromatic N) is 2. The van der Waals surface area contributed by atoms with E-state index in [0.29, 0.717) is 13.1 Å². The number of nitriles is 1. The number of primary amides is 1. The molecule has 2 N–H and O–H groups in total. The second kappa shape index (κ2) is 4.16. The molecule has 0 saturated carbocycles. The molecule has 5 heteroatoms. The van der Waals surface area contributed by atoms with Gasteiger partial charge in [0.25, 0.3) is 0 Å². The number of alkyl halides is 1. The van der Waals surface area contributed by atoms with Gasteiger partial charge in [-0.15, -0.1) is 11.6 Å². The van der Waals surface area contributed by atoms with Crippen LogP contribution in [0.2, 0.25) is 0 Å². The Bertz CT molecular complexity index is 276. The lowest BCUT2D eigenvalue weighted by atomic mass is 9.89. The summed E-state index contributed by atoms with van der Waals surface area (Å²) in [6, 6.07) is 1.96. The van der Waals surface area contributed by atoms with Crippen molar-refractivity contribution >= 4 is 17.5 Å². The molecule has 0 spiro atoms. The van der Waals surface area contributed by atoms with Gasteiger partial charge in [0.2, 0.25) is 5.91 Å². The van der Waals surface area contributed by atoms with Crippen molar-refractivity contribution in [2.45, 2.75) is 18.7 Å². The van der Waals surface area contributed by atoms with E-state index in [1.54, 1.807) is 0 Å². The first-order valence-corrected chi connectivity index (χ1v) is 4.97. The highest BCUT2D eigenvalue weighted by molar-refractivity contribution is 6.22. The zero-order valence-corrected chi connectivity index (χ0v) is 8.92. The molecular formula is C9H14ClN3O. The minimum absolute atomic E-state index is 0.275. The van der Waals surface area contributed by atoms with Crippen LogP contribution in [0.3, 0.4) is 0 Å². The summed E-state index contributed by atoms with van der Waals surface area (Å²) < 4.78 is 0. The smallest absolute Gasteiger partial charge is 0.224 e. The lowest BCUT2D eigenvalue weighted by molar-refractivity contribution is -0.126. The second-order valence-electron chi connectivity index (χ2n) is 4.01. The molecule has 78 valence electrons. The van der Waals surface area contributed by atoms with Gasteiger partial charge in [0.1, 0.15) is 5.38 Å². The van der Waals surface area contributed by atoms with E-state index in [9.17, 15) is 4.79 Å². The number of carbonyl (C=O) groups excluding carboxylic acids is 1. The van der Waals surface area contributed by atoms with Crippen LogP contribution in [0.5, 0.6) is 0 Å². The SMILES string of the molecule is CC1(C(N)=O)CCN(CC(Cl)C#N)C1. The lowest BCUT2D eigenvalue weighted by Gasteiger charge is -2.20. The van der Waals surface area contributed by atoms with E-state index in [4.69, 9.17) is 22.6 Å². The summed E-state index contributed by atoms with van der Waals surface area (Å²) >= 11 is 5.70. The number of nitrogens with two attached hydrogens (primary N) is 1. The molecule has 1 rings (SSSR count). The van der Waals surface area contributed by atoms with Crippen molar-refractivity contribution in [2.75, 3.05) is 19.6 Å². The van der Waals surface area contributed by atoms with Gasteiger partial charge in [-0.25, -0.2) is 0 Å². The van der Waals surface area contributed by atoms with Gasteiger partial charge in [-0.05, 0) is 19.9 Å². The molecule has 0 aromatic heterocycles. The highest BCUT2D eigenvalue weighted by Crippen LogP contribution is 2.29. The Morgan fingerprint density at radius 2 is 2.50 bits per heavy atom. The molecule has 2 atom stereocenters. The monoisotopic (exact) mass is 215 g/mol. The van der Waals surface area contributed by atoms with Crippen molar-refractivity contribution < 1.29 is 4.79 Å². The minimum atomic E-state index is -0.509. The van der Waals surface area contributed by atoms with Crippen molar-refractivity contribution in [1.29, 1.82) is 5.26 Å². The van der Waals surface area contributed by atoms with Gasteiger partial charge in [0, 0.05) is 13.1 Å². The fourth-order valence-corrected chi connectivity index (χ4v) is 1.88. The molecule has 0 bridgehead atoms. The molecule has 1 heterocycles. The summed E-state index contributed by atoms with van der Waals surface area (Å²) in [6.07, 6.45) is 0.747. The molecule has 1 saturated heterocycles. The third-order valence-electron chi connectivity index (χ3n) is 2.71. The first-order chi connectivity index (χ1) is 6.48. The topological polar surface area (TPSA) is 70.1 Å². The maximum atomic E-state index is 11.1. The first kappa shape index (κ1) is 11.3. The summed E-state index contributed by atoms with van der Waals surface area (Å²) in [7, 11) is 0. The van der Waals surface area contributed by atoms with Gasteiger partial charge >= 0.3 is 0 Å². The van der Waals surface area contributed by atoms with Crippen LogP contribution in [0.1, 0.15) is 13.3 Å². The van der Waals surface area contributed by atoms with Gasteiger partial charge in [-0.3, -0.25) is 9.69 Å². The molecule has 1 aliphatic rings. The highest BCUT2D eigenvalue weighted by atomic mass is 35.5. The largest absolute Gasteiger partial charge is 0.369 e. The van der Waals surface area contributed by atoms with Crippen LogP contribution in [0.25, 0.3) is 0 Å². The molecule has 1 aliphatic heterocycles. The first-order valence-electron chi connectivity index (χ1n) is 4.54. The van der Waals surface area contributed by atoms with E-state index in [-0.39, 0.29) is 5.91 Å². The van der Waals surface area contributed by atoms with E-state index in [1.807, 2.05) is 17.9 Å². The Labute approximate surface area is 88.6 Å². The minimum Gasteiger partial charge on any atom is -0.369 e. The van der Waals surface area contributed by atoms with Crippen LogP contribution in [0.15, 0.2) is 0 Å². The molecular weight excluding hydrogens is 202 g/mol. The molecule has 0 aliphatic carbocycles. The Morgan fingerprint density at radius 1 is 1.86 bits per heavy atom. The molecule has 0 aromatic carbocycles. The highest BCUT2D eigenvalue weighted by Gasteiger charge is 2.39. The van der Waals surface area contributed by atoms with Crippen LogP contribution in [0, 0.1) is 16.7 Å². The fraction of sp³-hybridized carbons (Fsp3) is 0.778. The number of hydrogen-bond donors (Lipinski definition) is 1. The molecule has 0 aromatic rings. The zero-order valence-electron chi connectivity index (χ0n) is 8.16. The second-order valence-corrected chi connectivity index (χ2v) is 4.53.